The summed E-state index contributed by atoms with van der Waals surface area (Å²) < 4.78 is 0. The van der Waals surface area contributed by atoms with Crippen LogP contribution in [0, 0.1) is 12.3 Å². The Balaban J connectivity index is 2.77. The molecule has 2 aromatic heterocycles. The number of pyridine rings is 1. The van der Waals surface area contributed by atoms with Gasteiger partial charge in [-0.15, -0.1) is 6.42 Å². The van der Waals surface area contributed by atoms with Gasteiger partial charge in [-0.1, -0.05) is 5.92 Å². The zero-order chi connectivity index (χ0) is 8.55. The fourth-order valence-electron chi connectivity index (χ4n) is 1.11. The number of fused-ring (bicyclic) bond motifs is 1. The summed E-state index contributed by atoms with van der Waals surface area (Å²) in [7, 11) is 0. The molecular formula is C9H7N3. The number of aromatic nitrogens is 2. The zero-order valence-electron chi connectivity index (χ0n) is 6.33. The van der Waals surface area contributed by atoms with Crippen molar-refractivity contribution in [2.24, 2.45) is 0 Å². The highest BCUT2D eigenvalue weighted by atomic mass is 14.9. The van der Waals surface area contributed by atoms with Crippen LogP contribution < -0.4 is 5.73 Å². The molecule has 0 unspecified atom stereocenters. The van der Waals surface area contributed by atoms with E-state index in [9.17, 15) is 0 Å². The van der Waals surface area contributed by atoms with Gasteiger partial charge in [0.15, 0.2) is 0 Å². The van der Waals surface area contributed by atoms with Crippen molar-refractivity contribution >= 4 is 16.7 Å². The number of nitrogens with zero attached hydrogens (tertiary/aromatic N) is 1. The molecule has 0 atom stereocenters. The number of terminal acetylenes is 1. The highest BCUT2D eigenvalue weighted by Gasteiger charge is 1.98. The number of rotatable bonds is 0. The Kier molecular flexibility index (Phi) is 1.28. The van der Waals surface area contributed by atoms with Gasteiger partial charge in [-0.05, 0) is 12.1 Å². The molecule has 3 nitrogen and oxygen atoms in total. The number of aromatic amines is 1. The maximum Gasteiger partial charge on any atom is 0.138 e. The average molecular weight is 157 g/mol. The zero-order valence-corrected chi connectivity index (χ0v) is 6.33. The molecule has 2 rings (SSSR count). The Morgan fingerprint density at radius 2 is 2.33 bits per heavy atom. The summed E-state index contributed by atoms with van der Waals surface area (Å²) in [5.74, 6) is 2.50. The lowest BCUT2D eigenvalue weighted by molar-refractivity contribution is 1.31. The molecule has 2 aromatic rings. The van der Waals surface area contributed by atoms with E-state index in [0.717, 1.165) is 16.7 Å². The number of anilines is 1. The molecule has 3 heteroatoms. The third kappa shape index (κ3) is 0.903. The smallest absolute Gasteiger partial charge is 0.138 e. The monoisotopic (exact) mass is 157 g/mol. The summed E-state index contributed by atoms with van der Waals surface area (Å²) in [6.07, 6.45) is 6.81. The number of hydrogen-bond acceptors (Lipinski definition) is 2. The first-order valence-corrected chi connectivity index (χ1v) is 3.50. The maximum absolute atomic E-state index is 5.55. The third-order valence-electron chi connectivity index (χ3n) is 1.65. The predicted octanol–water partition coefficient (Wildman–Crippen LogP) is 1.13. The van der Waals surface area contributed by atoms with E-state index in [0.29, 0.717) is 5.69 Å². The molecule has 0 spiro atoms. The molecule has 0 radical (unpaired) electrons. The molecular weight excluding hydrogens is 150 g/mol. The molecule has 0 saturated carbocycles. The van der Waals surface area contributed by atoms with Crippen molar-refractivity contribution in [3.63, 3.8) is 0 Å². The van der Waals surface area contributed by atoms with Crippen LogP contribution in [0.2, 0.25) is 0 Å². The van der Waals surface area contributed by atoms with E-state index in [1.165, 1.54) is 0 Å². The molecule has 0 aliphatic carbocycles. The number of H-pyrrole nitrogens is 1. The van der Waals surface area contributed by atoms with Gasteiger partial charge >= 0.3 is 0 Å². The minimum absolute atomic E-state index is 0.644. The average Bonchev–Trinajstić information content (AvgIpc) is 2.46. The summed E-state index contributed by atoms with van der Waals surface area (Å²) in [5.41, 5.74) is 7.69. The van der Waals surface area contributed by atoms with Crippen LogP contribution in [0.5, 0.6) is 0 Å². The van der Waals surface area contributed by atoms with Crippen molar-refractivity contribution in [3.8, 4) is 12.3 Å². The van der Waals surface area contributed by atoms with Crippen LogP contribution in [-0.2, 0) is 0 Å². The van der Waals surface area contributed by atoms with Crippen LogP contribution in [-0.4, -0.2) is 9.97 Å². The quantitative estimate of drug-likeness (QED) is 0.563. The van der Waals surface area contributed by atoms with Crippen LogP contribution in [0.1, 0.15) is 5.69 Å². The molecule has 0 aliphatic heterocycles. The van der Waals surface area contributed by atoms with Gasteiger partial charge in [0.05, 0.1) is 17.6 Å². The van der Waals surface area contributed by atoms with Crippen molar-refractivity contribution in [1.82, 2.24) is 9.97 Å². The van der Waals surface area contributed by atoms with Gasteiger partial charge in [-0.25, -0.2) is 4.98 Å². The van der Waals surface area contributed by atoms with Crippen molar-refractivity contribution in [3.05, 3.63) is 24.0 Å². The Hall–Kier alpha value is -1.95. The second-order valence-corrected chi connectivity index (χ2v) is 2.53. The van der Waals surface area contributed by atoms with Crippen molar-refractivity contribution in [2.75, 3.05) is 5.73 Å². The van der Waals surface area contributed by atoms with Gasteiger partial charge in [0, 0.05) is 5.39 Å². The highest BCUT2D eigenvalue weighted by molar-refractivity contribution is 5.80. The van der Waals surface area contributed by atoms with Gasteiger partial charge in [0.25, 0.3) is 0 Å². The van der Waals surface area contributed by atoms with Gasteiger partial charge < -0.3 is 10.7 Å². The van der Waals surface area contributed by atoms with E-state index in [1.807, 2.05) is 12.1 Å². The van der Waals surface area contributed by atoms with Gasteiger partial charge in [0.2, 0.25) is 0 Å². The van der Waals surface area contributed by atoms with Gasteiger partial charge in [-0.3, -0.25) is 0 Å². The molecule has 58 valence electrons. The number of nitrogens with two attached hydrogens (primary N) is 1. The summed E-state index contributed by atoms with van der Waals surface area (Å²) in [6, 6.07) is 3.68. The SMILES string of the molecule is C#Cc1cc2cc(N)cnc2[nH]1. The van der Waals surface area contributed by atoms with Crippen LogP contribution in [0.25, 0.3) is 11.0 Å². The molecule has 0 aromatic carbocycles. The highest BCUT2D eigenvalue weighted by Crippen LogP contribution is 2.14. The predicted molar refractivity (Wildman–Crippen MR) is 48.4 cm³/mol. The summed E-state index contributed by atoms with van der Waals surface area (Å²) in [6.45, 7) is 0. The van der Waals surface area contributed by atoms with Crippen molar-refractivity contribution in [1.29, 1.82) is 0 Å². The third-order valence-corrected chi connectivity index (χ3v) is 1.65. The van der Waals surface area contributed by atoms with E-state index in [2.05, 4.69) is 15.9 Å². The Bertz CT molecular complexity index is 462. The molecule has 0 saturated heterocycles. The molecule has 0 bridgehead atoms. The molecule has 0 aliphatic rings. The fraction of sp³-hybridized carbons (Fsp3) is 0. The molecule has 2 heterocycles. The van der Waals surface area contributed by atoms with Crippen molar-refractivity contribution < 1.29 is 0 Å². The van der Waals surface area contributed by atoms with Crippen LogP contribution in [0.4, 0.5) is 5.69 Å². The first-order valence-electron chi connectivity index (χ1n) is 3.50. The van der Waals surface area contributed by atoms with E-state index >= 15 is 0 Å². The van der Waals surface area contributed by atoms with Crippen LogP contribution in [0.15, 0.2) is 18.3 Å². The maximum atomic E-state index is 5.55. The largest absolute Gasteiger partial charge is 0.397 e. The van der Waals surface area contributed by atoms with E-state index in [1.54, 1.807) is 6.20 Å². The van der Waals surface area contributed by atoms with Crippen molar-refractivity contribution in [2.45, 2.75) is 0 Å². The van der Waals surface area contributed by atoms with Crippen LogP contribution in [0.3, 0.4) is 0 Å². The normalized spacial score (nSPS) is 9.92. The van der Waals surface area contributed by atoms with Crippen LogP contribution >= 0.6 is 0 Å². The van der Waals surface area contributed by atoms with E-state index < -0.39 is 0 Å². The van der Waals surface area contributed by atoms with E-state index in [4.69, 9.17) is 12.2 Å². The summed E-state index contributed by atoms with van der Waals surface area (Å²) in [5, 5.41) is 0.947. The van der Waals surface area contributed by atoms with E-state index in [-0.39, 0.29) is 0 Å². The molecule has 3 N–H and O–H groups in total. The summed E-state index contributed by atoms with van der Waals surface area (Å²) >= 11 is 0. The van der Waals surface area contributed by atoms with Gasteiger partial charge in [-0.2, -0.15) is 0 Å². The number of hydrogen-bond donors (Lipinski definition) is 2. The second kappa shape index (κ2) is 2.28. The topological polar surface area (TPSA) is 54.7 Å². The number of nitrogen functional groups attached to an aromatic ring is 1. The standard InChI is InChI=1S/C9H7N3/c1-2-8-4-6-3-7(10)5-11-9(6)12-8/h1,3-5H,10H2,(H,11,12). The number of nitrogens with one attached hydrogen (secondary N) is 1. The lowest BCUT2D eigenvalue weighted by atomic mass is 10.3. The lowest BCUT2D eigenvalue weighted by Crippen LogP contribution is -1.85. The Morgan fingerprint density at radius 1 is 1.50 bits per heavy atom. The fourth-order valence-corrected chi connectivity index (χ4v) is 1.11. The minimum Gasteiger partial charge on any atom is -0.397 e. The minimum atomic E-state index is 0.644. The first-order chi connectivity index (χ1) is 5.79. The molecule has 0 fully saturated rings. The second-order valence-electron chi connectivity index (χ2n) is 2.53. The Labute approximate surface area is 69.6 Å². The Morgan fingerprint density at radius 3 is 3.08 bits per heavy atom. The summed E-state index contributed by atoms with van der Waals surface area (Å²) in [4.78, 5) is 7.04. The molecule has 0 amide bonds. The van der Waals surface area contributed by atoms with Gasteiger partial charge in [0.1, 0.15) is 5.65 Å². The lowest BCUT2D eigenvalue weighted by Gasteiger charge is -1.89. The first kappa shape index (κ1) is 6.74. The molecule has 12 heavy (non-hydrogen) atoms.